The molecule has 3 N–H and O–H groups in total. The van der Waals surface area contributed by atoms with Gasteiger partial charge in [0.2, 0.25) is 5.91 Å². The number of amides is 1. The highest BCUT2D eigenvalue weighted by Crippen LogP contribution is 2.24. The molecule has 3 rings (SSSR count). The summed E-state index contributed by atoms with van der Waals surface area (Å²) >= 11 is 0. The third-order valence-electron chi connectivity index (χ3n) is 4.95. The normalized spacial score (nSPS) is 22.4. The van der Waals surface area contributed by atoms with Gasteiger partial charge in [0.05, 0.1) is 17.7 Å². The van der Waals surface area contributed by atoms with Gasteiger partial charge in [-0.05, 0) is 49.9 Å². The number of aliphatic hydroxyl groups excluding tert-OH is 1. The topological polar surface area (TPSA) is 64.6 Å². The fraction of sp³-hybridized carbons (Fsp3) is 0.611. The van der Waals surface area contributed by atoms with Crippen LogP contribution < -0.4 is 15.5 Å². The van der Waals surface area contributed by atoms with Gasteiger partial charge in [-0.3, -0.25) is 4.79 Å². The van der Waals surface area contributed by atoms with E-state index in [1.807, 2.05) is 11.0 Å². The van der Waals surface area contributed by atoms with E-state index < -0.39 is 0 Å². The van der Waals surface area contributed by atoms with Crippen LogP contribution in [0.25, 0.3) is 0 Å². The zero-order chi connectivity index (χ0) is 16.9. The number of hydrogen-bond acceptors (Lipinski definition) is 4. The summed E-state index contributed by atoms with van der Waals surface area (Å²) < 4.78 is 14.4. The average molecular weight is 335 g/mol. The number of rotatable bonds is 4. The maximum absolute atomic E-state index is 14.4. The summed E-state index contributed by atoms with van der Waals surface area (Å²) in [6.07, 6.45) is 3.01. The third kappa shape index (κ3) is 4.24. The number of halogens is 1. The Kier molecular flexibility index (Phi) is 5.68. The van der Waals surface area contributed by atoms with Gasteiger partial charge in [-0.15, -0.1) is 0 Å². The molecule has 1 aromatic rings. The Morgan fingerprint density at radius 1 is 1.33 bits per heavy atom. The maximum atomic E-state index is 14.4. The number of carbonyl (C=O) groups excluding carboxylic acids is 1. The Morgan fingerprint density at radius 2 is 2.12 bits per heavy atom. The molecule has 0 aliphatic carbocycles. The molecule has 2 aliphatic heterocycles. The van der Waals surface area contributed by atoms with Gasteiger partial charge in [0.1, 0.15) is 5.82 Å². The Balaban J connectivity index is 1.55. The summed E-state index contributed by atoms with van der Waals surface area (Å²) in [5.74, 6) is -0.211. The van der Waals surface area contributed by atoms with Crippen LogP contribution >= 0.6 is 0 Å². The fourth-order valence-corrected chi connectivity index (χ4v) is 3.43. The lowest BCUT2D eigenvalue weighted by atomic mass is 9.99. The molecular formula is C18H26FN3O2. The molecular weight excluding hydrogens is 309 g/mol. The van der Waals surface area contributed by atoms with Crippen LogP contribution in [0.2, 0.25) is 0 Å². The first kappa shape index (κ1) is 17.2. The number of carbonyl (C=O) groups is 1. The number of nitrogens with zero attached hydrogens (tertiary/aromatic N) is 1. The van der Waals surface area contributed by atoms with Gasteiger partial charge in [0.25, 0.3) is 0 Å². The first-order valence-electron chi connectivity index (χ1n) is 8.83. The van der Waals surface area contributed by atoms with Crippen molar-refractivity contribution in [3.63, 3.8) is 0 Å². The molecule has 2 fully saturated rings. The lowest BCUT2D eigenvalue weighted by Gasteiger charge is -2.31. The molecule has 2 aliphatic rings. The monoisotopic (exact) mass is 335 g/mol. The van der Waals surface area contributed by atoms with Crippen molar-refractivity contribution in [3.05, 3.63) is 29.6 Å². The second-order valence-corrected chi connectivity index (χ2v) is 6.77. The highest BCUT2D eigenvalue weighted by atomic mass is 19.1. The minimum absolute atomic E-state index is 0.0163. The lowest BCUT2D eigenvalue weighted by molar-refractivity contribution is -0.125. The summed E-state index contributed by atoms with van der Waals surface area (Å²) in [6, 6.07) is 5.14. The van der Waals surface area contributed by atoms with Crippen molar-refractivity contribution in [2.75, 3.05) is 31.1 Å². The predicted octanol–water partition coefficient (Wildman–Crippen LogP) is 1.40. The van der Waals surface area contributed by atoms with Crippen LogP contribution in [0.1, 0.15) is 31.2 Å². The SMILES string of the molecule is O=C(NCc1ccc(N2CCC(O)CC2)c(F)c1)C1CCCNC1. The van der Waals surface area contributed by atoms with E-state index >= 15 is 0 Å². The molecule has 1 unspecified atom stereocenters. The average Bonchev–Trinajstić information content (AvgIpc) is 2.61. The van der Waals surface area contributed by atoms with Crippen LogP contribution in [0.3, 0.4) is 0 Å². The number of nitrogens with one attached hydrogen (secondary N) is 2. The van der Waals surface area contributed by atoms with Crippen molar-refractivity contribution in [2.24, 2.45) is 5.92 Å². The molecule has 0 bridgehead atoms. The van der Waals surface area contributed by atoms with E-state index in [0.717, 1.165) is 31.5 Å². The van der Waals surface area contributed by atoms with Crippen LogP contribution in [0.15, 0.2) is 18.2 Å². The van der Waals surface area contributed by atoms with Crippen LogP contribution in [0, 0.1) is 11.7 Å². The molecule has 1 atom stereocenters. The Hall–Kier alpha value is -1.66. The predicted molar refractivity (Wildman–Crippen MR) is 91.3 cm³/mol. The second kappa shape index (κ2) is 7.94. The largest absolute Gasteiger partial charge is 0.393 e. The molecule has 2 heterocycles. The molecule has 0 aromatic heterocycles. The number of benzene rings is 1. The van der Waals surface area contributed by atoms with Gasteiger partial charge >= 0.3 is 0 Å². The fourth-order valence-electron chi connectivity index (χ4n) is 3.43. The first-order chi connectivity index (χ1) is 11.6. The van der Waals surface area contributed by atoms with E-state index in [9.17, 15) is 14.3 Å². The summed E-state index contributed by atoms with van der Waals surface area (Å²) in [5, 5.41) is 15.7. The number of anilines is 1. The Bertz CT molecular complexity index is 567. The minimum Gasteiger partial charge on any atom is -0.393 e. The number of aliphatic hydroxyl groups is 1. The number of piperidine rings is 2. The molecule has 132 valence electrons. The third-order valence-corrected chi connectivity index (χ3v) is 4.95. The van der Waals surface area contributed by atoms with Crippen LogP contribution in [-0.4, -0.2) is 43.3 Å². The van der Waals surface area contributed by atoms with Crippen molar-refractivity contribution < 1.29 is 14.3 Å². The van der Waals surface area contributed by atoms with Crippen molar-refractivity contribution in [3.8, 4) is 0 Å². The number of hydrogen-bond donors (Lipinski definition) is 3. The standard InChI is InChI=1S/C18H26FN3O2/c19-16-10-13(11-21-18(24)14-2-1-7-20-12-14)3-4-17(16)22-8-5-15(23)6-9-22/h3-4,10,14-15,20,23H,1-2,5-9,11-12H2,(H,21,24). The van der Waals surface area contributed by atoms with E-state index in [0.29, 0.717) is 38.2 Å². The zero-order valence-corrected chi connectivity index (χ0v) is 13.9. The van der Waals surface area contributed by atoms with Crippen LogP contribution in [0.4, 0.5) is 10.1 Å². The van der Waals surface area contributed by atoms with Crippen LogP contribution in [-0.2, 0) is 11.3 Å². The van der Waals surface area contributed by atoms with Gasteiger partial charge in [0, 0.05) is 26.2 Å². The minimum atomic E-state index is -0.270. The quantitative estimate of drug-likeness (QED) is 0.778. The zero-order valence-electron chi connectivity index (χ0n) is 13.9. The van der Waals surface area contributed by atoms with E-state index in [2.05, 4.69) is 10.6 Å². The van der Waals surface area contributed by atoms with Gasteiger partial charge in [0.15, 0.2) is 0 Å². The molecule has 1 amide bonds. The summed E-state index contributed by atoms with van der Waals surface area (Å²) in [4.78, 5) is 14.1. The van der Waals surface area contributed by atoms with Crippen molar-refractivity contribution >= 4 is 11.6 Å². The molecule has 0 saturated carbocycles. The van der Waals surface area contributed by atoms with Crippen molar-refractivity contribution in [1.82, 2.24) is 10.6 Å². The van der Waals surface area contributed by atoms with Gasteiger partial charge in [-0.2, -0.15) is 0 Å². The van der Waals surface area contributed by atoms with Crippen LogP contribution in [0.5, 0.6) is 0 Å². The molecule has 2 saturated heterocycles. The van der Waals surface area contributed by atoms with Gasteiger partial charge in [-0.25, -0.2) is 4.39 Å². The molecule has 1 aromatic carbocycles. The van der Waals surface area contributed by atoms with E-state index in [-0.39, 0.29) is 23.7 Å². The summed E-state index contributed by atoms with van der Waals surface area (Å²) in [6.45, 7) is 3.39. The molecule has 0 spiro atoms. The second-order valence-electron chi connectivity index (χ2n) is 6.77. The summed E-state index contributed by atoms with van der Waals surface area (Å²) in [7, 11) is 0. The molecule has 24 heavy (non-hydrogen) atoms. The van der Waals surface area contributed by atoms with E-state index in [1.165, 1.54) is 6.07 Å². The van der Waals surface area contributed by atoms with Crippen molar-refractivity contribution in [1.29, 1.82) is 0 Å². The smallest absolute Gasteiger partial charge is 0.224 e. The Morgan fingerprint density at radius 3 is 2.79 bits per heavy atom. The van der Waals surface area contributed by atoms with E-state index in [1.54, 1.807) is 6.07 Å². The first-order valence-corrected chi connectivity index (χ1v) is 8.83. The summed E-state index contributed by atoms with van der Waals surface area (Å²) in [5.41, 5.74) is 1.35. The molecule has 6 heteroatoms. The lowest BCUT2D eigenvalue weighted by Crippen LogP contribution is -2.40. The highest BCUT2D eigenvalue weighted by Gasteiger charge is 2.21. The van der Waals surface area contributed by atoms with Gasteiger partial charge < -0.3 is 20.6 Å². The van der Waals surface area contributed by atoms with Gasteiger partial charge in [-0.1, -0.05) is 6.07 Å². The maximum Gasteiger partial charge on any atom is 0.224 e. The molecule has 0 radical (unpaired) electrons. The highest BCUT2D eigenvalue weighted by molar-refractivity contribution is 5.79. The van der Waals surface area contributed by atoms with Crippen molar-refractivity contribution in [2.45, 2.75) is 38.3 Å². The Labute approximate surface area is 142 Å². The molecule has 5 nitrogen and oxygen atoms in total. The van der Waals surface area contributed by atoms with E-state index in [4.69, 9.17) is 0 Å².